The van der Waals surface area contributed by atoms with Crippen LogP contribution in [0.25, 0.3) is 0 Å². The normalized spacial score (nSPS) is 19.8. The van der Waals surface area contributed by atoms with Crippen molar-refractivity contribution in [2.75, 3.05) is 51.4 Å². The first-order valence-electron chi connectivity index (χ1n) is 18.2. The maximum absolute atomic E-state index is 12.9. The molecule has 4 rings (SSSR count). The molecule has 0 bridgehead atoms. The molecule has 270 valence electrons. The lowest BCUT2D eigenvalue weighted by atomic mass is 9.83. The predicted molar refractivity (Wildman–Crippen MR) is 183 cm³/mol. The fraction of sp³-hybridized carbons (Fsp3) is 0.676. The summed E-state index contributed by atoms with van der Waals surface area (Å²) in [6.45, 7) is 3.78. The number of imide groups is 1. The zero-order valence-corrected chi connectivity index (χ0v) is 29.0. The number of benzene rings is 1. The Labute approximate surface area is 289 Å². The van der Waals surface area contributed by atoms with Crippen molar-refractivity contribution in [2.24, 2.45) is 23.7 Å². The molecule has 2 saturated carbocycles. The molecule has 0 spiro atoms. The summed E-state index contributed by atoms with van der Waals surface area (Å²) in [6.07, 6.45) is 10.00. The number of hydrogen-bond donors (Lipinski definition) is 3. The number of carbonyl (C=O) groups is 6. The Morgan fingerprint density at radius 2 is 1.35 bits per heavy atom. The van der Waals surface area contributed by atoms with Gasteiger partial charge in [0.1, 0.15) is 5.78 Å². The summed E-state index contributed by atoms with van der Waals surface area (Å²) in [5, 5.41) is 8.43. The SMILES string of the molecule is CC1C(=O)N(CCC(=O)NCCOCCOCCC(=O)Nc2ccc(CCC(=O)NCCC(=O)C3CCCC3)cc2)C(=O)C1C1CCCC1. The molecule has 1 aromatic rings. The number of Topliss-reactive ketones (excluding diaryl/α,β-unsaturated/α-hetero) is 1. The number of aryl methyl sites for hydroxylation is 1. The van der Waals surface area contributed by atoms with Gasteiger partial charge in [-0.25, -0.2) is 0 Å². The van der Waals surface area contributed by atoms with E-state index in [9.17, 15) is 28.8 Å². The predicted octanol–water partition coefficient (Wildman–Crippen LogP) is 3.56. The first-order chi connectivity index (χ1) is 23.7. The van der Waals surface area contributed by atoms with E-state index in [-0.39, 0.29) is 85.0 Å². The van der Waals surface area contributed by atoms with Gasteiger partial charge in [0.25, 0.3) is 0 Å². The number of ether oxygens (including phenoxy) is 2. The number of ketones is 1. The van der Waals surface area contributed by atoms with E-state index < -0.39 is 0 Å². The van der Waals surface area contributed by atoms with E-state index in [0.717, 1.165) is 56.9 Å². The Bertz CT molecular complexity index is 1270. The van der Waals surface area contributed by atoms with Crippen LogP contribution in [0.4, 0.5) is 5.69 Å². The summed E-state index contributed by atoms with van der Waals surface area (Å²) in [5.41, 5.74) is 1.64. The van der Waals surface area contributed by atoms with Crippen LogP contribution in [0.5, 0.6) is 0 Å². The molecule has 3 fully saturated rings. The second-order valence-corrected chi connectivity index (χ2v) is 13.6. The molecular formula is C37H54N4O8. The molecule has 0 radical (unpaired) electrons. The summed E-state index contributed by atoms with van der Waals surface area (Å²) < 4.78 is 11.0. The van der Waals surface area contributed by atoms with Gasteiger partial charge in [-0.15, -0.1) is 0 Å². The van der Waals surface area contributed by atoms with Crippen molar-refractivity contribution < 1.29 is 38.2 Å². The maximum Gasteiger partial charge on any atom is 0.233 e. The third kappa shape index (κ3) is 12.3. The molecule has 0 aromatic heterocycles. The van der Waals surface area contributed by atoms with Crippen molar-refractivity contribution in [1.29, 1.82) is 0 Å². The van der Waals surface area contributed by atoms with Crippen LogP contribution in [-0.2, 0) is 44.7 Å². The first-order valence-corrected chi connectivity index (χ1v) is 18.2. The van der Waals surface area contributed by atoms with Crippen LogP contribution in [-0.4, -0.2) is 86.3 Å². The van der Waals surface area contributed by atoms with Gasteiger partial charge in [-0.05, 0) is 55.7 Å². The van der Waals surface area contributed by atoms with Gasteiger partial charge in [0, 0.05) is 56.4 Å². The van der Waals surface area contributed by atoms with Crippen LogP contribution in [0.15, 0.2) is 24.3 Å². The Balaban J connectivity index is 0.960. The van der Waals surface area contributed by atoms with Gasteiger partial charge >= 0.3 is 0 Å². The van der Waals surface area contributed by atoms with E-state index in [0.29, 0.717) is 57.9 Å². The second kappa shape index (κ2) is 20.1. The molecule has 1 saturated heterocycles. The van der Waals surface area contributed by atoms with E-state index in [1.54, 1.807) is 12.1 Å². The Kier molecular flexibility index (Phi) is 15.7. The van der Waals surface area contributed by atoms with Gasteiger partial charge in [-0.2, -0.15) is 0 Å². The molecule has 12 nitrogen and oxygen atoms in total. The van der Waals surface area contributed by atoms with Crippen molar-refractivity contribution in [2.45, 2.75) is 90.4 Å². The monoisotopic (exact) mass is 682 g/mol. The highest BCUT2D eigenvalue weighted by Crippen LogP contribution is 2.40. The van der Waals surface area contributed by atoms with Crippen LogP contribution < -0.4 is 16.0 Å². The average Bonchev–Trinajstić information content (AvgIpc) is 3.86. The molecule has 2 unspecified atom stereocenters. The third-order valence-corrected chi connectivity index (χ3v) is 10.0. The van der Waals surface area contributed by atoms with E-state index in [1.165, 1.54) is 4.90 Å². The minimum atomic E-state index is -0.309. The summed E-state index contributed by atoms with van der Waals surface area (Å²) in [5.74, 6) is -0.595. The summed E-state index contributed by atoms with van der Waals surface area (Å²) >= 11 is 0. The van der Waals surface area contributed by atoms with Crippen molar-refractivity contribution in [3.63, 3.8) is 0 Å². The third-order valence-electron chi connectivity index (χ3n) is 10.0. The average molecular weight is 683 g/mol. The lowest BCUT2D eigenvalue weighted by Gasteiger charge is -2.19. The van der Waals surface area contributed by atoms with Crippen molar-refractivity contribution >= 4 is 41.0 Å². The molecular weight excluding hydrogens is 628 g/mol. The second-order valence-electron chi connectivity index (χ2n) is 13.6. The Morgan fingerprint density at radius 3 is 2.06 bits per heavy atom. The molecule has 3 N–H and O–H groups in total. The van der Waals surface area contributed by atoms with Gasteiger partial charge in [-0.3, -0.25) is 33.7 Å². The number of anilines is 1. The van der Waals surface area contributed by atoms with Crippen molar-refractivity contribution in [3.05, 3.63) is 29.8 Å². The topological polar surface area (TPSA) is 160 Å². The van der Waals surface area contributed by atoms with Gasteiger partial charge in [0.2, 0.25) is 29.5 Å². The molecule has 5 amide bonds. The highest BCUT2D eigenvalue weighted by molar-refractivity contribution is 6.05. The number of amides is 5. The zero-order chi connectivity index (χ0) is 35.0. The number of likely N-dealkylation sites (tertiary alicyclic amines) is 1. The lowest BCUT2D eigenvalue weighted by Crippen LogP contribution is -2.36. The van der Waals surface area contributed by atoms with E-state index in [1.807, 2.05) is 19.1 Å². The van der Waals surface area contributed by atoms with Gasteiger partial charge in [0.05, 0.1) is 38.8 Å². The molecule has 2 atom stereocenters. The number of nitrogens with one attached hydrogen (secondary N) is 3. The molecule has 2 aliphatic carbocycles. The molecule has 3 aliphatic rings. The number of hydrogen-bond acceptors (Lipinski definition) is 8. The molecule has 1 heterocycles. The van der Waals surface area contributed by atoms with E-state index in [2.05, 4.69) is 16.0 Å². The van der Waals surface area contributed by atoms with Gasteiger partial charge in [-0.1, -0.05) is 44.7 Å². The fourth-order valence-electron chi connectivity index (χ4n) is 7.20. The summed E-state index contributed by atoms with van der Waals surface area (Å²) in [6, 6.07) is 7.36. The Morgan fingerprint density at radius 1 is 0.714 bits per heavy atom. The molecule has 49 heavy (non-hydrogen) atoms. The van der Waals surface area contributed by atoms with Crippen molar-refractivity contribution in [1.82, 2.24) is 15.5 Å². The maximum atomic E-state index is 12.9. The zero-order valence-electron chi connectivity index (χ0n) is 29.0. The van der Waals surface area contributed by atoms with Crippen LogP contribution >= 0.6 is 0 Å². The summed E-state index contributed by atoms with van der Waals surface area (Å²) in [4.78, 5) is 75.6. The Hall–Kier alpha value is -3.64. The van der Waals surface area contributed by atoms with Crippen LogP contribution in [0.3, 0.4) is 0 Å². The highest BCUT2D eigenvalue weighted by Gasteiger charge is 2.48. The molecule has 12 heteroatoms. The standard InChI is InChI=1S/C37H54N4O8/c1-26-35(29-8-4-5-9-29)37(47)41(36(26)46)21-17-33(44)39-20-23-49-25-24-48-22-18-34(45)40-30-13-10-27(11-14-30)12-15-32(43)38-19-16-31(42)28-6-2-3-7-28/h10-11,13-14,26,28-29,35H,2-9,12,15-25H2,1H3,(H,38,43)(H,39,44)(H,40,45). The van der Waals surface area contributed by atoms with Gasteiger partial charge < -0.3 is 25.4 Å². The smallest absolute Gasteiger partial charge is 0.233 e. The largest absolute Gasteiger partial charge is 0.379 e. The van der Waals surface area contributed by atoms with Crippen LogP contribution in [0, 0.1) is 23.7 Å². The molecule has 1 aliphatic heterocycles. The lowest BCUT2D eigenvalue weighted by molar-refractivity contribution is -0.140. The van der Waals surface area contributed by atoms with Gasteiger partial charge in [0.15, 0.2) is 0 Å². The highest BCUT2D eigenvalue weighted by atomic mass is 16.5. The molecule has 1 aromatic carbocycles. The minimum absolute atomic E-state index is 0.0702. The number of carbonyl (C=O) groups excluding carboxylic acids is 6. The van der Waals surface area contributed by atoms with E-state index >= 15 is 0 Å². The fourth-order valence-corrected chi connectivity index (χ4v) is 7.20. The van der Waals surface area contributed by atoms with E-state index in [4.69, 9.17) is 9.47 Å². The van der Waals surface area contributed by atoms with Crippen LogP contribution in [0.1, 0.15) is 89.5 Å². The number of rotatable bonds is 21. The summed E-state index contributed by atoms with van der Waals surface area (Å²) in [7, 11) is 0. The van der Waals surface area contributed by atoms with Crippen LogP contribution in [0.2, 0.25) is 0 Å². The minimum Gasteiger partial charge on any atom is -0.379 e. The quantitative estimate of drug-likeness (QED) is 0.131. The number of nitrogens with zero attached hydrogens (tertiary/aromatic N) is 1. The van der Waals surface area contributed by atoms with Crippen molar-refractivity contribution in [3.8, 4) is 0 Å². The first kappa shape index (κ1) is 38.2.